The maximum atomic E-state index is 10.2. The Morgan fingerprint density at radius 2 is 2.18 bits per heavy atom. The van der Waals surface area contributed by atoms with Crippen molar-refractivity contribution in [3.05, 3.63) is 0 Å². The van der Waals surface area contributed by atoms with Crippen LogP contribution >= 0.6 is 0 Å². The van der Waals surface area contributed by atoms with Gasteiger partial charge in [0.2, 0.25) is 0 Å². The molecule has 1 heterocycles. The minimum atomic E-state index is -1.21. The van der Waals surface area contributed by atoms with E-state index in [1.165, 1.54) is 0 Å². The summed E-state index contributed by atoms with van der Waals surface area (Å²) in [6, 6.07) is -0.524. The van der Waals surface area contributed by atoms with E-state index in [0.717, 1.165) is 19.5 Å². The normalized spacial score (nSPS) is 14.2. The number of hydrogen-bond donors (Lipinski definition) is 5. The number of urea groups is 1. The van der Waals surface area contributed by atoms with Crippen LogP contribution in [0.4, 0.5) is 4.79 Å². The van der Waals surface area contributed by atoms with Gasteiger partial charge in [-0.1, -0.05) is 0 Å². The topological polar surface area (TPSA) is 143 Å². The number of nitrogens with one attached hydrogen (secondary N) is 3. The number of amides is 2. The maximum absolute atomic E-state index is 10.2. The average molecular weight is 257 g/mol. The van der Waals surface area contributed by atoms with Crippen molar-refractivity contribution >= 4 is 12.0 Å². The van der Waals surface area contributed by atoms with Crippen LogP contribution in [0.5, 0.6) is 0 Å². The minimum absolute atomic E-state index is 0. The molecule has 94 valence electrons. The molecule has 1 fully saturated rings. The Morgan fingerprint density at radius 3 is 2.47 bits per heavy atom. The van der Waals surface area contributed by atoms with Crippen LogP contribution in [0, 0.1) is 0 Å². The summed E-state index contributed by atoms with van der Waals surface area (Å²) in [5.74, 6) is -1.21. The number of carboxylic acids is 1. The summed E-state index contributed by atoms with van der Waals surface area (Å²) in [6.45, 7) is 1.10. The third-order valence-electron chi connectivity index (χ3n) is 1.49. The van der Waals surface area contributed by atoms with E-state index in [1.807, 2.05) is 0 Å². The molecule has 1 aliphatic heterocycles. The van der Waals surface area contributed by atoms with Crippen LogP contribution in [0.3, 0.4) is 0 Å². The predicted octanol–water partition coefficient (Wildman–Crippen LogP) is -6.94. The van der Waals surface area contributed by atoms with Gasteiger partial charge in [0.05, 0.1) is 12.7 Å². The zero-order valence-corrected chi connectivity index (χ0v) is 11.7. The van der Waals surface area contributed by atoms with Crippen molar-refractivity contribution in [2.24, 2.45) is 5.73 Å². The Labute approximate surface area is 121 Å². The largest absolute Gasteiger partial charge is 1.00 e. The van der Waals surface area contributed by atoms with E-state index in [-0.39, 0.29) is 42.8 Å². The van der Waals surface area contributed by atoms with Crippen LogP contribution in [-0.2, 0) is 4.79 Å². The number of carbonyl (C=O) groups is 2. The van der Waals surface area contributed by atoms with Gasteiger partial charge in [-0.05, 0) is 6.42 Å². The fraction of sp³-hybridized carbons (Fsp3) is 0.714. The molecule has 0 aliphatic carbocycles. The van der Waals surface area contributed by atoms with E-state index < -0.39 is 12.0 Å². The molecule has 0 aromatic carbocycles. The Hall–Kier alpha value is -0.420. The number of primary amides is 1. The van der Waals surface area contributed by atoms with Gasteiger partial charge in [0.25, 0.3) is 0 Å². The number of rotatable bonds is 4. The van der Waals surface area contributed by atoms with Gasteiger partial charge in [-0.2, -0.15) is 5.12 Å². The third kappa shape index (κ3) is 13.5. The van der Waals surface area contributed by atoms with Gasteiger partial charge in [0.1, 0.15) is 0 Å². The second-order valence-electron chi connectivity index (χ2n) is 2.85. The van der Waals surface area contributed by atoms with E-state index >= 15 is 0 Å². The van der Waals surface area contributed by atoms with E-state index in [2.05, 4.69) is 16.2 Å². The molecule has 10 heteroatoms. The zero-order valence-electron chi connectivity index (χ0n) is 9.73. The van der Waals surface area contributed by atoms with Crippen molar-refractivity contribution in [1.82, 2.24) is 21.3 Å². The van der Waals surface area contributed by atoms with E-state index in [4.69, 9.17) is 10.8 Å². The van der Waals surface area contributed by atoms with Crippen molar-refractivity contribution < 1.29 is 49.4 Å². The molecule has 9 nitrogen and oxygen atoms in total. The first-order chi connectivity index (χ1) is 7.56. The average Bonchev–Trinajstić information content (AvgIpc) is 2.67. The number of hydrazine groups is 2. The smallest absolute Gasteiger partial charge is 0.549 e. The summed E-state index contributed by atoms with van der Waals surface area (Å²) in [7, 11) is 0. The summed E-state index contributed by atoms with van der Waals surface area (Å²) in [5.41, 5.74) is 10.2. The molecule has 0 radical (unpaired) electrons. The van der Waals surface area contributed by atoms with Gasteiger partial charge in [-0.3, -0.25) is 10.7 Å². The molecule has 1 rings (SSSR count). The number of nitrogens with two attached hydrogens (primary N) is 1. The van der Waals surface area contributed by atoms with Gasteiger partial charge in [-0.15, -0.1) is 0 Å². The van der Waals surface area contributed by atoms with Crippen LogP contribution in [-0.4, -0.2) is 48.6 Å². The monoisotopic (exact) mass is 257 g/mol. The van der Waals surface area contributed by atoms with Gasteiger partial charge >= 0.3 is 35.6 Å². The number of carboxylic acid groups (broad SMARTS) is 1. The molecule has 0 saturated carbocycles. The number of hydrogen-bond acceptors (Lipinski definition) is 7. The molecule has 0 unspecified atom stereocenters. The van der Waals surface area contributed by atoms with Crippen molar-refractivity contribution in [3.8, 4) is 0 Å². The Balaban J connectivity index is 0. The molecule has 0 atom stereocenters. The molecule has 1 saturated heterocycles. The van der Waals surface area contributed by atoms with Crippen molar-refractivity contribution in [3.63, 3.8) is 0 Å². The fourth-order valence-corrected chi connectivity index (χ4v) is 0.917. The second-order valence-corrected chi connectivity index (χ2v) is 2.85. The zero-order chi connectivity index (χ0) is 12.4. The Kier molecular flexibility index (Phi) is 13.4. The minimum Gasteiger partial charge on any atom is -0.549 e. The molecular weight excluding hydrogens is 241 g/mol. The SMILES string of the molecule is NC(=O)NN1CCCN1.O=C([O-])CNCO.[Na+]. The first kappa shape index (κ1) is 18.9. The molecule has 17 heavy (non-hydrogen) atoms. The quantitative estimate of drug-likeness (QED) is 0.249. The van der Waals surface area contributed by atoms with Crippen molar-refractivity contribution in [1.29, 1.82) is 0 Å². The van der Waals surface area contributed by atoms with Crippen LogP contribution in [0.15, 0.2) is 0 Å². The molecular formula is C7H16N5NaO4. The van der Waals surface area contributed by atoms with Gasteiger partial charge < -0.3 is 20.7 Å². The van der Waals surface area contributed by atoms with Crippen LogP contribution in [0.1, 0.15) is 6.42 Å². The van der Waals surface area contributed by atoms with E-state index in [0.29, 0.717) is 0 Å². The molecule has 2 amide bonds. The maximum Gasteiger partial charge on any atom is 1.00 e. The third-order valence-corrected chi connectivity index (χ3v) is 1.49. The molecule has 6 N–H and O–H groups in total. The van der Waals surface area contributed by atoms with Gasteiger partial charge in [0.15, 0.2) is 0 Å². The van der Waals surface area contributed by atoms with Crippen LogP contribution < -0.4 is 56.6 Å². The molecule has 0 aromatic rings. The molecule has 0 bridgehead atoms. The van der Waals surface area contributed by atoms with Crippen LogP contribution in [0.25, 0.3) is 0 Å². The number of aliphatic carboxylic acids is 1. The molecule has 0 aromatic heterocycles. The standard InChI is InChI=1S/C4H10N4O.C3H7NO3.Na/c5-4(9)7-8-3-1-2-6-8;5-2-4-1-3(6)7;/h6H,1-3H2,(H3,5,7,9);4-5H,1-2H2,(H,6,7);/q;;+1/p-1. The summed E-state index contributed by atoms with van der Waals surface area (Å²) in [4.78, 5) is 19.7. The Morgan fingerprint density at radius 1 is 1.53 bits per heavy atom. The predicted molar refractivity (Wildman–Crippen MR) is 52.1 cm³/mol. The summed E-state index contributed by atoms with van der Waals surface area (Å²) < 4.78 is 0. The van der Waals surface area contributed by atoms with Crippen molar-refractivity contribution in [2.45, 2.75) is 6.42 Å². The second kappa shape index (κ2) is 12.0. The summed E-state index contributed by atoms with van der Waals surface area (Å²) in [5, 5.41) is 21.1. The fourth-order valence-electron chi connectivity index (χ4n) is 0.917. The Bertz CT molecular complexity index is 224. The number of aliphatic hydroxyl groups is 1. The van der Waals surface area contributed by atoms with Gasteiger partial charge in [-0.25, -0.2) is 10.2 Å². The van der Waals surface area contributed by atoms with Gasteiger partial charge in [0, 0.05) is 19.6 Å². The number of aliphatic hydroxyl groups excluding tert-OH is 1. The number of carbonyl (C=O) groups excluding carboxylic acids is 2. The summed E-state index contributed by atoms with van der Waals surface area (Å²) >= 11 is 0. The molecule has 1 aliphatic rings. The first-order valence-electron chi connectivity index (χ1n) is 4.64. The van der Waals surface area contributed by atoms with E-state index in [9.17, 15) is 14.7 Å². The van der Waals surface area contributed by atoms with Crippen LogP contribution in [0.2, 0.25) is 0 Å². The molecule has 0 spiro atoms. The summed E-state index contributed by atoms with van der Waals surface area (Å²) in [6.07, 6.45) is 1.04. The number of nitrogens with zero attached hydrogens (tertiary/aromatic N) is 1. The van der Waals surface area contributed by atoms with Crippen molar-refractivity contribution in [2.75, 3.05) is 26.4 Å². The first-order valence-corrected chi connectivity index (χ1v) is 4.64. The van der Waals surface area contributed by atoms with E-state index in [1.54, 1.807) is 5.12 Å².